The third-order valence-corrected chi connectivity index (χ3v) is 3.51. The summed E-state index contributed by atoms with van der Waals surface area (Å²) in [5.41, 5.74) is 0. The first-order valence-electron chi connectivity index (χ1n) is 5.70. The zero-order valence-corrected chi connectivity index (χ0v) is 11.6. The molecule has 0 heterocycles. The molecule has 1 rings (SSSR count). The number of esters is 2. The minimum atomic E-state index is -3.67. The van der Waals surface area contributed by atoms with Crippen molar-refractivity contribution >= 4 is 21.8 Å². The van der Waals surface area contributed by atoms with Gasteiger partial charge in [0, 0.05) is 18.4 Å². The van der Waals surface area contributed by atoms with E-state index in [1.54, 1.807) is 18.2 Å². The summed E-state index contributed by atoms with van der Waals surface area (Å²) in [6.07, 6.45) is 0.816. The average Bonchev–Trinajstić information content (AvgIpc) is 2.42. The Morgan fingerprint density at radius 3 is 2.30 bits per heavy atom. The summed E-state index contributed by atoms with van der Waals surface area (Å²) in [4.78, 5) is 21.8. The number of hydrogen-bond donors (Lipinski definition) is 0. The van der Waals surface area contributed by atoms with Crippen molar-refractivity contribution in [2.24, 2.45) is 0 Å². The molecule has 0 aliphatic heterocycles. The third kappa shape index (κ3) is 5.66. The van der Waals surface area contributed by atoms with Crippen LogP contribution in [0.5, 0.6) is 0 Å². The number of benzene rings is 1. The van der Waals surface area contributed by atoms with E-state index in [1.165, 1.54) is 19.1 Å². The number of sulfone groups is 1. The molecule has 0 aromatic heterocycles. The SMILES string of the molecule is CC(=O)OCCOC(=O)C=CS(=O)(=O)c1ccccc1. The van der Waals surface area contributed by atoms with Gasteiger partial charge in [-0.1, -0.05) is 18.2 Å². The van der Waals surface area contributed by atoms with E-state index in [1.807, 2.05) is 0 Å². The van der Waals surface area contributed by atoms with Crippen LogP contribution in [-0.2, 0) is 28.9 Å². The molecule has 0 atom stereocenters. The van der Waals surface area contributed by atoms with Crippen molar-refractivity contribution in [2.75, 3.05) is 13.2 Å². The van der Waals surface area contributed by atoms with Crippen molar-refractivity contribution in [3.63, 3.8) is 0 Å². The van der Waals surface area contributed by atoms with Gasteiger partial charge in [0.05, 0.1) is 4.90 Å². The molecule has 0 saturated carbocycles. The van der Waals surface area contributed by atoms with Crippen molar-refractivity contribution in [1.82, 2.24) is 0 Å². The van der Waals surface area contributed by atoms with Crippen molar-refractivity contribution in [1.29, 1.82) is 0 Å². The molecule has 108 valence electrons. The molecule has 0 radical (unpaired) electrons. The molecule has 0 saturated heterocycles. The van der Waals surface area contributed by atoms with Crippen molar-refractivity contribution in [3.05, 3.63) is 41.8 Å². The Kier molecular flexibility index (Phi) is 5.92. The first kappa shape index (κ1) is 15.9. The Labute approximate surface area is 116 Å². The summed E-state index contributed by atoms with van der Waals surface area (Å²) >= 11 is 0. The molecule has 0 N–H and O–H groups in total. The van der Waals surface area contributed by atoms with Gasteiger partial charge < -0.3 is 9.47 Å². The lowest BCUT2D eigenvalue weighted by Crippen LogP contribution is -2.11. The van der Waals surface area contributed by atoms with Crippen LogP contribution in [0.2, 0.25) is 0 Å². The summed E-state index contributed by atoms with van der Waals surface area (Å²) in [5.74, 6) is -1.31. The topological polar surface area (TPSA) is 86.7 Å². The molecule has 0 fully saturated rings. The molecule has 0 unspecified atom stereocenters. The van der Waals surface area contributed by atoms with Gasteiger partial charge >= 0.3 is 11.9 Å². The van der Waals surface area contributed by atoms with Gasteiger partial charge in [0.15, 0.2) is 9.84 Å². The first-order chi connectivity index (χ1) is 9.42. The van der Waals surface area contributed by atoms with Gasteiger partial charge in [0.2, 0.25) is 0 Å². The molecule has 0 amide bonds. The van der Waals surface area contributed by atoms with Gasteiger partial charge in [-0.05, 0) is 12.1 Å². The zero-order valence-electron chi connectivity index (χ0n) is 10.8. The lowest BCUT2D eigenvalue weighted by Gasteiger charge is -2.02. The van der Waals surface area contributed by atoms with E-state index in [-0.39, 0.29) is 18.1 Å². The summed E-state index contributed by atoms with van der Waals surface area (Å²) in [6, 6.07) is 7.69. The fourth-order valence-electron chi connectivity index (χ4n) is 1.21. The second-order valence-corrected chi connectivity index (χ2v) is 5.50. The van der Waals surface area contributed by atoms with Crippen molar-refractivity contribution in [3.8, 4) is 0 Å². The van der Waals surface area contributed by atoms with Crippen LogP contribution in [0.3, 0.4) is 0 Å². The maximum absolute atomic E-state index is 11.8. The van der Waals surface area contributed by atoms with Gasteiger partial charge in [-0.2, -0.15) is 0 Å². The van der Waals surface area contributed by atoms with E-state index in [0.29, 0.717) is 0 Å². The largest absolute Gasteiger partial charge is 0.462 e. The predicted molar refractivity (Wildman–Crippen MR) is 70.4 cm³/mol. The summed E-state index contributed by atoms with van der Waals surface area (Å²) in [5, 5.41) is 0.774. The van der Waals surface area contributed by atoms with Gasteiger partial charge in [0.1, 0.15) is 13.2 Å². The van der Waals surface area contributed by atoms with Gasteiger partial charge in [-0.3, -0.25) is 4.79 Å². The van der Waals surface area contributed by atoms with E-state index >= 15 is 0 Å². The second kappa shape index (κ2) is 7.44. The molecule has 0 aliphatic rings. The molecule has 0 aliphatic carbocycles. The minimum absolute atomic E-state index is 0.0691. The first-order valence-corrected chi connectivity index (χ1v) is 7.25. The number of hydrogen-bond acceptors (Lipinski definition) is 6. The summed E-state index contributed by atoms with van der Waals surface area (Å²) in [7, 11) is -3.67. The molecule has 1 aromatic carbocycles. The quantitative estimate of drug-likeness (QED) is 0.444. The fraction of sp³-hybridized carbons (Fsp3) is 0.231. The van der Waals surface area contributed by atoms with Crippen LogP contribution < -0.4 is 0 Å². The molecular formula is C13H14O6S. The van der Waals surface area contributed by atoms with Crippen LogP contribution in [-0.4, -0.2) is 33.6 Å². The summed E-state index contributed by atoms with van der Waals surface area (Å²) < 4.78 is 32.8. The maximum atomic E-state index is 11.8. The Morgan fingerprint density at radius 2 is 1.70 bits per heavy atom. The standard InChI is InChI=1S/C13H14O6S/c1-11(14)18-8-9-19-13(15)7-10-20(16,17)12-5-3-2-4-6-12/h2-7,10H,8-9H2,1H3. The van der Waals surface area contributed by atoms with Crippen molar-refractivity contribution in [2.45, 2.75) is 11.8 Å². The number of carbonyl (C=O) groups excluding carboxylic acids is 2. The Balaban J connectivity index is 2.51. The second-order valence-electron chi connectivity index (χ2n) is 3.67. The van der Waals surface area contributed by atoms with E-state index in [4.69, 9.17) is 0 Å². The Bertz CT molecular complexity index is 589. The monoisotopic (exact) mass is 298 g/mol. The molecule has 1 aromatic rings. The highest BCUT2D eigenvalue weighted by molar-refractivity contribution is 7.94. The Morgan fingerprint density at radius 1 is 1.10 bits per heavy atom. The highest BCUT2D eigenvalue weighted by atomic mass is 32.2. The van der Waals surface area contributed by atoms with Gasteiger partial charge in [0.25, 0.3) is 0 Å². The highest BCUT2D eigenvalue weighted by Crippen LogP contribution is 2.10. The number of carbonyl (C=O) groups is 2. The van der Waals surface area contributed by atoms with E-state index in [0.717, 1.165) is 11.5 Å². The summed E-state index contributed by atoms with van der Waals surface area (Å²) in [6.45, 7) is 1.03. The number of ether oxygens (including phenoxy) is 2. The molecule has 7 heteroatoms. The molecule has 0 bridgehead atoms. The maximum Gasteiger partial charge on any atom is 0.331 e. The lowest BCUT2D eigenvalue weighted by molar-refractivity contribution is -0.147. The number of rotatable bonds is 6. The van der Waals surface area contributed by atoms with Crippen LogP contribution in [0.1, 0.15) is 6.92 Å². The predicted octanol–water partition coefficient (Wildman–Crippen LogP) is 1.08. The van der Waals surface area contributed by atoms with Crippen LogP contribution >= 0.6 is 0 Å². The van der Waals surface area contributed by atoms with E-state index < -0.39 is 21.8 Å². The molecular weight excluding hydrogens is 284 g/mol. The van der Waals surface area contributed by atoms with Gasteiger partial charge in [-0.15, -0.1) is 0 Å². The molecule has 20 heavy (non-hydrogen) atoms. The zero-order chi connectivity index (χ0) is 15.0. The Hall–Kier alpha value is -2.15. The van der Waals surface area contributed by atoms with Gasteiger partial charge in [-0.25, -0.2) is 13.2 Å². The van der Waals surface area contributed by atoms with E-state index in [9.17, 15) is 18.0 Å². The third-order valence-electron chi connectivity index (χ3n) is 2.09. The van der Waals surface area contributed by atoms with Crippen LogP contribution in [0.4, 0.5) is 0 Å². The lowest BCUT2D eigenvalue weighted by atomic mass is 10.4. The highest BCUT2D eigenvalue weighted by Gasteiger charge is 2.10. The van der Waals surface area contributed by atoms with E-state index in [2.05, 4.69) is 9.47 Å². The average molecular weight is 298 g/mol. The van der Waals surface area contributed by atoms with Crippen LogP contribution in [0, 0.1) is 0 Å². The smallest absolute Gasteiger partial charge is 0.331 e. The minimum Gasteiger partial charge on any atom is -0.462 e. The van der Waals surface area contributed by atoms with Crippen molar-refractivity contribution < 1.29 is 27.5 Å². The fourth-order valence-corrected chi connectivity index (χ4v) is 2.19. The molecule has 0 spiro atoms. The van der Waals surface area contributed by atoms with Crippen LogP contribution in [0.15, 0.2) is 46.7 Å². The van der Waals surface area contributed by atoms with Crippen LogP contribution in [0.25, 0.3) is 0 Å². The molecule has 6 nitrogen and oxygen atoms in total. The normalized spacial score (nSPS) is 11.2.